The first kappa shape index (κ1) is 10.0. The van der Waals surface area contributed by atoms with Gasteiger partial charge in [0, 0.05) is 10.8 Å². The summed E-state index contributed by atoms with van der Waals surface area (Å²) in [7, 11) is 0. The van der Waals surface area contributed by atoms with Gasteiger partial charge in [0.15, 0.2) is 10.7 Å². The summed E-state index contributed by atoms with van der Waals surface area (Å²) in [5.41, 5.74) is -1.30. The van der Waals surface area contributed by atoms with Gasteiger partial charge in [-0.25, -0.2) is 0 Å². The molecule has 2 rings (SSSR count). The van der Waals surface area contributed by atoms with Gasteiger partial charge in [0.25, 0.3) is 0 Å². The van der Waals surface area contributed by atoms with Gasteiger partial charge in [0.1, 0.15) is 0 Å². The molecule has 6 nitrogen and oxygen atoms in total. The Labute approximate surface area is 87.7 Å². The van der Waals surface area contributed by atoms with Crippen molar-refractivity contribution < 1.29 is 10.4 Å². The van der Waals surface area contributed by atoms with Gasteiger partial charge in [-0.2, -0.15) is 0 Å². The Morgan fingerprint density at radius 1 is 0.812 bits per heavy atom. The molecule has 2 aromatic carbocycles. The monoisotopic (exact) mass is 218 g/mol. The minimum Gasteiger partial charge on any atom is -0.410 e. The number of hydrogen-bond acceptors (Lipinski definition) is 6. The molecule has 0 heterocycles. The summed E-state index contributed by atoms with van der Waals surface area (Å²) in [5, 5.41) is 21.8. The minimum absolute atomic E-state index is 0.132. The summed E-state index contributed by atoms with van der Waals surface area (Å²) in [6.07, 6.45) is 0. The second-order valence-electron chi connectivity index (χ2n) is 3.10. The SMILES string of the molecule is O=c1c(=NO)c(=NO)c(=O)c2ccccc12. The molecule has 2 N–H and O–H groups in total. The minimum atomic E-state index is -0.648. The normalized spacial score (nSPS) is 13.5. The fourth-order valence-electron chi connectivity index (χ4n) is 1.53. The van der Waals surface area contributed by atoms with E-state index < -0.39 is 21.6 Å². The second-order valence-corrected chi connectivity index (χ2v) is 3.10. The first-order valence-electron chi connectivity index (χ1n) is 4.33. The van der Waals surface area contributed by atoms with E-state index in [1.807, 2.05) is 0 Å². The van der Waals surface area contributed by atoms with Crippen LogP contribution in [0.2, 0.25) is 0 Å². The number of hydrogen-bond donors (Lipinski definition) is 2. The lowest BCUT2D eigenvalue weighted by molar-refractivity contribution is 0.286. The maximum absolute atomic E-state index is 11.7. The van der Waals surface area contributed by atoms with Crippen molar-refractivity contribution >= 4 is 10.8 Å². The molecule has 0 fully saturated rings. The molecule has 0 spiro atoms. The molecular formula is C10H6N2O4. The molecule has 0 saturated carbocycles. The molecule has 0 bridgehead atoms. The smallest absolute Gasteiger partial charge is 0.218 e. The average molecular weight is 218 g/mol. The van der Waals surface area contributed by atoms with Gasteiger partial charge in [-0.1, -0.05) is 34.6 Å². The summed E-state index contributed by atoms with van der Waals surface area (Å²) >= 11 is 0. The van der Waals surface area contributed by atoms with E-state index in [4.69, 9.17) is 10.4 Å². The molecule has 0 aliphatic carbocycles. The van der Waals surface area contributed by atoms with Crippen LogP contribution >= 0.6 is 0 Å². The van der Waals surface area contributed by atoms with E-state index in [-0.39, 0.29) is 10.8 Å². The average Bonchev–Trinajstić information content (AvgIpc) is 2.33. The third-order valence-electron chi connectivity index (χ3n) is 2.27. The standard InChI is InChI=1S/C10H6N2O4/c13-9-5-3-1-2-4-6(5)10(14)8(12-16)7(9)11-15/h1-4,15-16H. The highest BCUT2D eigenvalue weighted by atomic mass is 16.4. The van der Waals surface area contributed by atoms with Crippen LogP contribution in [0.1, 0.15) is 0 Å². The molecule has 0 radical (unpaired) electrons. The summed E-state index contributed by atoms with van der Waals surface area (Å²) in [6.45, 7) is 0. The van der Waals surface area contributed by atoms with Crippen LogP contribution in [0.15, 0.2) is 44.2 Å². The Bertz CT molecular complexity index is 703. The summed E-state index contributed by atoms with van der Waals surface area (Å²) < 4.78 is 0. The summed E-state index contributed by atoms with van der Waals surface area (Å²) in [5.74, 6) is 0. The van der Waals surface area contributed by atoms with Crippen molar-refractivity contribution in [1.82, 2.24) is 0 Å². The van der Waals surface area contributed by atoms with Crippen LogP contribution in [0.25, 0.3) is 10.8 Å². The van der Waals surface area contributed by atoms with Crippen LogP contribution < -0.4 is 21.6 Å². The van der Waals surface area contributed by atoms with Crippen LogP contribution in [-0.2, 0) is 0 Å². The molecule has 0 aromatic heterocycles. The Kier molecular flexibility index (Phi) is 2.24. The number of benzene rings is 2. The van der Waals surface area contributed by atoms with Crippen LogP contribution in [0.5, 0.6) is 0 Å². The fraction of sp³-hybridized carbons (Fsp3) is 0. The number of fused-ring (bicyclic) bond motifs is 1. The van der Waals surface area contributed by atoms with Crippen molar-refractivity contribution in [2.75, 3.05) is 0 Å². The van der Waals surface area contributed by atoms with Gasteiger partial charge in [0.05, 0.1) is 0 Å². The van der Waals surface area contributed by atoms with Crippen LogP contribution in [-0.4, -0.2) is 10.4 Å². The predicted molar refractivity (Wildman–Crippen MR) is 53.6 cm³/mol. The van der Waals surface area contributed by atoms with E-state index in [0.29, 0.717) is 0 Å². The zero-order chi connectivity index (χ0) is 11.7. The first-order chi connectivity index (χ1) is 7.70. The molecule has 0 amide bonds. The Balaban J connectivity index is 3.35. The van der Waals surface area contributed by atoms with Gasteiger partial charge in [0.2, 0.25) is 10.9 Å². The molecule has 0 saturated heterocycles. The summed E-state index contributed by atoms with van der Waals surface area (Å²) in [4.78, 5) is 23.5. The van der Waals surface area contributed by atoms with Gasteiger partial charge in [-0.05, 0) is 0 Å². The second kappa shape index (κ2) is 3.58. The third-order valence-corrected chi connectivity index (χ3v) is 2.27. The van der Waals surface area contributed by atoms with Gasteiger partial charge in [-0.3, -0.25) is 9.59 Å². The first-order valence-corrected chi connectivity index (χ1v) is 4.33. The number of nitrogens with zero attached hydrogens (tertiary/aromatic N) is 2. The molecule has 0 unspecified atom stereocenters. The largest absolute Gasteiger partial charge is 0.410 e. The zero-order valence-electron chi connectivity index (χ0n) is 7.91. The zero-order valence-corrected chi connectivity index (χ0v) is 7.91. The Hall–Kier alpha value is -2.50. The van der Waals surface area contributed by atoms with Gasteiger partial charge >= 0.3 is 0 Å². The summed E-state index contributed by atoms with van der Waals surface area (Å²) in [6, 6.07) is 6.05. The van der Waals surface area contributed by atoms with E-state index >= 15 is 0 Å². The van der Waals surface area contributed by atoms with Crippen LogP contribution in [0.3, 0.4) is 0 Å². The highest BCUT2D eigenvalue weighted by Gasteiger charge is 2.09. The van der Waals surface area contributed by atoms with Gasteiger partial charge in [-0.15, -0.1) is 0 Å². The lowest BCUT2D eigenvalue weighted by Crippen LogP contribution is -2.48. The predicted octanol–water partition coefficient (Wildman–Crippen LogP) is -0.984. The van der Waals surface area contributed by atoms with Crippen LogP contribution in [0.4, 0.5) is 0 Å². The molecule has 0 atom stereocenters. The van der Waals surface area contributed by atoms with E-state index in [1.165, 1.54) is 12.1 Å². The lowest BCUT2D eigenvalue weighted by atomic mass is 10.1. The Morgan fingerprint density at radius 2 is 1.19 bits per heavy atom. The van der Waals surface area contributed by atoms with E-state index in [2.05, 4.69) is 10.3 Å². The van der Waals surface area contributed by atoms with Crippen molar-refractivity contribution in [1.29, 1.82) is 0 Å². The molecule has 0 aliphatic heterocycles. The van der Waals surface area contributed by atoms with Crippen molar-refractivity contribution in [3.8, 4) is 0 Å². The van der Waals surface area contributed by atoms with Crippen molar-refractivity contribution in [2.45, 2.75) is 0 Å². The molecule has 6 heteroatoms. The lowest BCUT2D eigenvalue weighted by Gasteiger charge is -1.93. The third kappa shape index (κ3) is 1.20. The molecule has 0 aliphatic rings. The van der Waals surface area contributed by atoms with Crippen molar-refractivity contribution in [2.24, 2.45) is 10.3 Å². The molecule has 2 aromatic rings. The molecular weight excluding hydrogens is 212 g/mol. The molecule has 80 valence electrons. The topological polar surface area (TPSA) is 99.3 Å². The molecule has 16 heavy (non-hydrogen) atoms. The quantitative estimate of drug-likeness (QED) is 0.438. The van der Waals surface area contributed by atoms with Crippen molar-refractivity contribution in [3.05, 3.63) is 55.4 Å². The maximum Gasteiger partial charge on any atom is 0.218 e. The number of rotatable bonds is 0. The van der Waals surface area contributed by atoms with Crippen molar-refractivity contribution in [3.63, 3.8) is 0 Å². The van der Waals surface area contributed by atoms with E-state index in [1.54, 1.807) is 12.1 Å². The highest BCUT2D eigenvalue weighted by molar-refractivity contribution is 5.81. The Morgan fingerprint density at radius 3 is 1.50 bits per heavy atom. The van der Waals surface area contributed by atoms with E-state index in [9.17, 15) is 9.59 Å². The van der Waals surface area contributed by atoms with Gasteiger partial charge < -0.3 is 10.4 Å². The highest BCUT2D eigenvalue weighted by Crippen LogP contribution is 2.00. The maximum atomic E-state index is 11.7. The van der Waals surface area contributed by atoms with Crippen LogP contribution in [0, 0.1) is 0 Å². The fourth-order valence-corrected chi connectivity index (χ4v) is 1.53. The van der Waals surface area contributed by atoms with E-state index in [0.717, 1.165) is 0 Å².